The van der Waals surface area contributed by atoms with Crippen molar-refractivity contribution in [1.82, 2.24) is 4.31 Å². The van der Waals surface area contributed by atoms with Crippen molar-refractivity contribution in [3.8, 4) is 24.2 Å². The summed E-state index contributed by atoms with van der Waals surface area (Å²) in [6.45, 7) is 14.6. The van der Waals surface area contributed by atoms with Gasteiger partial charge >= 0.3 is 0 Å². The maximum absolute atomic E-state index is 12.8. The van der Waals surface area contributed by atoms with Gasteiger partial charge in [0.05, 0.1) is 18.0 Å². The molecular formula is C21H31NO3SSi. The second-order valence-corrected chi connectivity index (χ2v) is 14.8. The Hall–Kier alpha value is -1.57. The molecular weight excluding hydrogens is 374 g/mol. The predicted octanol–water partition coefficient (Wildman–Crippen LogP) is 4.03. The van der Waals surface area contributed by atoms with Crippen molar-refractivity contribution >= 4 is 18.3 Å². The summed E-state index contributed by atoms with van der Waals surface area (Å²) in [5.74, 6) is 8.36. The minimum Gasteiger partial charge on any atom is -0.404 e. The van der Waals surface area contributed by atoms with Gasteiger partial charge in [-0.1, -0.05) is 56.2 Å². The number of aryl methyl sites for hydroxylation is 1. The first-order valence-corrected chi connectivity index (χ1v) is 13.3. The first-order valence-electron chi connectivity index (χ1n) is 8.98. The normalized spacial score (nSPS) is 13.6. The van der Waals surface area contributed by atoms with E-state index < -0.39 is 18.3 Å². The number of benzene rings is 1. The standard InChI is InChI=1S/C21H31NO3SSi/c1-9-16-22(26(23,24)20-14-12-18(2)13-15-20)17-10-11-19(3)25-27(7,8)21(4,5)6/h1,12-15,19H,16-17H2,2-8H3. The molecule has 1 unspecified atom stereocenters. The number of nitrogens with zero attached hydrogens (tertiary/aromatic N) is 1. The zero-order valence-corrected chi connectivity index (χ0v) is 19.3. The van der Waals surface area contributed by atoms with Gasteiger partial charge in [-0.25, -0.2) is 8.42 Å². The second kappa shape index (κ2) is 9.08. The van der Waals surface area contributed by atoms with Crippen molar-refractivity contribution in [2.45, 2.75) is 63.8 Å². The molecule has 0 aliphatic rings. The fraction of sp³-hybridized carbons (Fsp3) is 0.524. The number of rotatable bonds is 6. The van der Waals surface area contributed by atoms with Crippen LogP contribution in [0.4, 0.5) is 0 Å². The van der Waals surface area contributed by atoms with E-state index in [9.17, 15) is 8.42 Å². The lowest BCUT2D eigenvalue weighted by Gasteiger charge is -2.37. The Morgan fingerprint density at radius 1 is 1.19 bits per heavy atom. The highest BCUT2D eigenvalue weighted by atomic mass is 32.2. The van der Waals surface area contributed by atoms with E-state index in [2.05, 4.69) is 51.6 Å². The van der Waals surface area contributed by atoms with E-state index in [0.717, 1.165) is 5.56 Å². The van der Waals surface area contributed by atoms with Crippen molar-refractivity contribution in [3.63, 3.8) is 0 Å². The highest BCUT2D eigenvalue weighted by Crippen LogP contribution is 2.37. The topological polar surface area (TPSA) is 46.6 Å². The van der Waals surface area contributed by atoms with Crippen LogP contribution in [0.5, 0.6) is 0 Å². The number of terminal acetylenes is 1. The van der Waals surface area contributed by atoms with Crippen LogP contribution < -0.4 is 0 Å². The summed E-state index contributed by atoms with van der Waals surface area (Å²) in [4.78, 5) is 0.218. The monoisotopic (exact) mass is 405 g/mol. The molecule has 0 amide bonds. The Kier molecular flexibility index (Phi) is 7.89. The molecule has 148 valence electrons. The first-order chi connectivity index (χ1) is 12.3. The molecule has 1 aromatic rings. The predicted molar refractivity (Wildman–Crippen MR) is 114 cm³/mol. The summed E-state index contributed by atoms with van der Waals surface area (Å²) in [5.41, 5.74) is 0.994. The van der Waals surface area contributed by atoms with Crippen molar-refractivity contribution < 1.29 is 12.8 Å². The lowest BCUT2D eigenvalue weighted by Crippen LogP contribution is -2.43. The van der Waals surface area contributed by atoms with Crippen molar-refractivity contribution in [2.24, 2.45) is 0 Å². The SMILES string of the molecule is C#CCN(CC#CC(C)O[Si](C)(C)C(C)(C)C)S(=O)(=O)c1ccc(C)cc1. The Morgan fingerprint density at radius 3 is 2.22 bits per heavy atom. The summed E-state index contributed by atoms with van der Waals surface area (Å²) in [5, 5.41) is 0.0905. The molecule has 0 aliphatic heterocycles. The van der Waals surface area contributed by atoms with Crippen LogP contribution in [-0.4, -0.2) is 40.2 Å². The molecule has 0 fully saturated rings. The smallest absolute Gasteiger partial charge is 0.244 e. The van der Waals surface area contributed by atoms with E-state index >= 15 is 0 Å². The maximum Gasteiger partial charge on any atom is 0.244 e. The van der Waals surface area contributed by atoms with E-state index in [1.807, 2.05) is 13.8 Å². The molecule has 0 radical (unpaired) electrons. The van der Waals surface area contributed by atoms with Crippen LogP contribution >= 0.6 is 0 Å². The lowest BCUT2D eigenvalue weighted by molar-refractivity contribution is 0.251. The molecule has 0 bridgehead atoms. The van der Waals surface area contributed by atoms with Gasteiger partial charge in [-0.05, 0) is 44.1 Å². The van der Waals surface area contributed by atoms with Gasteiger partial charge in [-0.3, -0.25) is 0 Å². The summed E-state index contributed by atoms with van der Waals surface area (Å²) < 4.78 is 33.0. The van der Waals surface area contributed by atoms with Gasteiger partial charge in [0.1, 0.15) is 6.10 Å². The van der Waals surface area contributed by atoms with Crippen LogP contribution in [0.2, 0.25) is 18.1 Å². The summed E-state index contributed by atoms with van der Waals surface area (Å²) in [6, 6.07) is 6.71. The minimum absolute atomic E-state index is 0.0254. The Labute approximate surface area is 166 Å². The van der Waals surface area contributed by atoms with Gasteiger partial charge < -0.3 is 4.43 Å². The van der Waals surface area contributed by atoms with Crippen LogP contribution in [0.3, 0.4) is 0 Å². The molecule has 0 saturated heterocycles. The number of sulfonamides is 1. The molecule has 0 aliphatic carbocycles. The van der Waals surface area contributed by atoms with Crippen LogP contribution in [0.1, 0.15) is 33.3 Å². The molecule has 1 rings (SSSR count). The Bertz CT molecular complexity index is 835. The van der Waals surface area contributed by atoms with Gasteiger partial charge in [0.15, 0.2) is 8.32 Å². The van der Waals surface area contributed by atoms with E-state index in [1.54, 1.807) is 24.3 Å². The van der Waals surface area contributed by atoms with E-state index in [4.69, 9.17) is 10.8 Å². The molecule has 0 spiro atoms. The van der Waals surface area contributed by atoms with Crippen molar-refractivity contribution in [2.75, 3.05) is 13.1 Å². The molecule has 4 nitrogen and oxygen atoms in total. The van der Waals surface area contributed by atoms with Crippen molar-refractivity contribution in [1.29, 1.82) is 0 Å². The fourth-order valence-electron chi connectivity index (χ4n) is 2.11. The van der Waals surface area contributed by atoms with E-state index in [1.165, 1.54) is 4.31 Å². The third kappa shape index (κ3) is 6.51. The summed E-state index contributed by atoms with van der Waals surface area (Å²) in [7, 11) is -5.60. The molecule has 0 saturated carbocycles. The molecule has 1 aromatic carbocycles. The molecule has 0 N–H and O–H groups in total. The van der Waals surface area contributed by atoms with Crippen LogP contribution in [-0.2, 0) is 14.4 Å². The van der Waals surface area contributed by atoms with E-state index in [-0.39, 0.29) is 29.1 Å². The lowest BCUT2D eigenvalue weighted by atomic mass is 10.2. The second-order valence-electron chi connectivity index (χ2n) is 8.13. The quantitative estimate of drug-likeness (QED) is 0.530. The highest BCUT2D eigenvalue weighted by Gasteiger charge is 2.38. The molecule has 0 heterocycles. The molecule has 1 atom stereocenters. The third-order valence-corrected chi connectivity index (χ3v) is 11.1. The highest BCUT2D eigenvalue weighted by molar-refractivity contribution is 7.89. The average molecular weight is 406 g/mol. The number of hydrogen-bond donors (Lipinski definition) is 0. The molecule has 27 heavy (non-hydrogen) atoms. The minimum atomic E-state index is -3.68. The molecule has 0 aromatic heterocycles. The maximum atomic E-state index is 12.8. The van der Waals surface area contributed by atoms with Gasteiger partial charge in [-0.2, -0.15) is 4.31 Å². The average Bonchev–Trinajstić information content (AvgIpc) is 2.52. The zero-order chi connectivity index (χ0) is 20.9. The van der Waals surface area contributed by atoms with Gasteiger partial charge in [0.2, 0.25) is 10.0 Å². The fourth-order valence-corrected chi connectivity index (χ4v) is 4.67. The van der Waals surface area contributed by atoms with E-state index in [0.29, 0.717) is 0 Å². The van der Waals surface area contributed by atoms with Crippen LogP contribution in [0, 0.1) is 31.1 Å². The van der Waals surface area contributed by atoms with Crippen LogP contribution in [0.15, 0.2) is 29.2 Å². The summed E-state index contributed by atoms with van der Waals surface area (Å²) in [6.07, 6.45) is 5.10. The largest absolute Gasteiger partial charge is 0.404 e. The third-order valence-electron chi connectivity index (χ3n) is 4.76. The summed E-state index contributed by atoms with van der Waals surface area (Å²) >= 11 is 0. The van der Waals surface area contributed by atoms with Gasteiger partial charge in [0, 0.05) is 0 Å². The van der Waals surface area contributed by atoms with Gasteiger partial charge in [0.25, 0.3) is 0 Å². The van der Waals surface area contributed by atoms with Crippen molar-refractivity contribution in [3.05, 3.63) is 29.8 Å². The van der Waals surface area contributed by atoms with Crippen LogP contribution in [0.25, 0.3) is 0 Å². The first kappa shape index (κ1) is 23.5. The van der Waals surface area contributed by atoms with Gasteiger partial charge in [-0.15, -0.1) is 6.42 Å². The molecule has 6 heteroatoms. The Balaban J connectivity index is 2.93. The zero-order valence-electron chi connectivity index (χ0n) is 17.5. The number of hydrogen-bond acceptors (Lipinski definition) is 3. The Morgan fingerprint density at radius 2 is 1.74 bits per heavy atom.